The van der Waals surface area contributed by atoms with Crippen LogP contribution in [-0.2, 0) is 9.53 Å². The van der Waals surface area contributed by atoms with E-state index in [0.717, 1.165) is 0 Å². The van der Waals surface area contributed by atoms with Crippen LogP contribution in [-0.4, -0.2) is 13.1 Å². The van der Waals surface area contributed by atoms with E-state index in [-0.39, 0.29) is 11.4 Å². The first-order valence-electron chi connectivity index (χ1n) is 4.27. The summed E-state index contributed by atoms with van der Waals surface area (Å²) in [5, 5.41) is 0. The van der Waals surface area contributed by atoms with Crippen molar-refractivity contribution in [3.63, 3.8) is 0 Å². The zero-order chi connectivity index (χ0) is 8.34. The van der Waals surface area contributed by atoms with Crippen molar-refractivity contribution in [3.8, 4) is 0 Å². The lowest BCUT2D eigenvalue weighted by Gasteiger charge is -2.19. The average Bonchev–Trinajstić information content (AvgIpc) is 2.55. The molecule has 0 aromatic heterocycles. The SMILES string of the molecule is COC(=O)C12C=CC3C(C=C1)C32. The molecule has 0 saturated heterocycles. The highest BCUT2D eigenvalue weighted by molar-refractivity contribution is 5.85. The van der Waals surface area contributed by atoms with Gasteiger partial charge in [-0.05, 0) is 17.8 Å². The monoisotopic (exact) mass is 162 g/mol. The van der Waals surface area contributed by atoms with Crippen LogP contribution in [0.5, 0.6) is 0 Å². The van der Waals surface area contributed by atoms with E-state index in [2.05, 4.69) is 12.2 Å². The van der Waals surface area contributed by atoms with Gasteiger partial charge in [-0.15, -0.1) is 0 Å². The lowest BCUT2D eigenvalue weighted by Crippen LogP contribution is -2.28. The van der Waals surface area contributed by atoms with Crippen LogP contribution in [0.15, 0.2) is 24.3 Å². The number of allylic oxidation sites excluding steroid dienone is 2. The van der Waals surface area contributed by atoms with Gasteiger partial charge in [0.2, 0.25) is 0 Å². The van der Waals surface area contributed by atoms with Crippen LogP contribution in [0, 0.1) is 23.2 Å². The van der Waals surface area contributed by atoms with Crippen LogP contribution < -0.4 is 0 Å². The zero-order valence-electron chi connectivity index (χ0n) is 6.86. The summed E-state index contributed by atoms with van der Waals surface area (Å²) < 4.78 is 4.81. The molecule has 3 aliphatic rings. The first-order chi connectivity index (χ1) is 5.79. The molecule has 2 unspecified atom stereocenters. The molecule has 2 nitrogen and oxygen atoms in total. The van der Waals surface area contributed by atoms with Gasteiger partial charge in [0.05, 0.1) is 7.11 Å². The van der Waals surface area contributed by atoms with Gasteiger partial charge in [0, 0.05) is 0 Å². The molecule has 0 N–H and O–H groups in total. The largest absolute Gasteiger partial charge is 0.468 e. The summed E-state index contributed by atoms with van der Waals surface area (Å²) in [5.41, 5.74) is -0.371. The molecule has 0 amide bonds. The normalized spacial score (nSPS) is 50.9. The summed E-state index contributed by atoms with van der Waals surface area (Å²) in [5.74, 6) is 1.68. The van der Waals surface area contributed by atoms with Crippen molar-refractivity contribution < 1.29 is 9.53 Å². The smallest absolute Gasteiger partial charge is 0.319 e. The Bertz CT molecular complexity index is 294. The zero-order valence-corrected chi connectivity index (χ0v) is 6.86. The van der Waals surface area contributed by atoms with Gasteiger partial charge in [-0.2, -0.15) is 0 Å². The minimum absolute atomic E-state index is 0.0949. The number of rotatable bonds is 1. The van der Waals surface area contributed by atoms with E-state index in [9.17, 15) is 4.79 Å². The third-order valence-corrected chi connectivity index (χ3v) is 3.41. The van der Waals surface area contributed by atoms with Gasteiger partial charge in [-0.25, -0.2) is 0 Å². The lowest BCUT2D eigenvalue weighted by molar-refractivity contribution is -0.148. The molecule has 2 atom stereocenters. The molecule has 0 spiro atoms. The topological polar surface area (TPSA) is 26.3 Å². The van der Waals surface area contributed by atoms with Crippen molar-refractivity contribution in [1.82, 2.24) is 0 Å². The number of carbonyl (C=O) groups excluding carboxylic acids is 1. The van der Waals surface area contributed by atoms with E-state index in [1.807, 2.05) is 12.2 Å². The Hall–Kier alpha value is -1.05. The Morgan fingerprint density at radius 3 is 2.42 bits per heavy atom. The van der Waals surface area contributed by atoms with Crippen LogP contribution in [0.2, 0.25) is 0 Å². The molecule has 1 saturated carbocycles. The van der Waals surface area contributed by atoms with E-state index >= 15 is 0 Å². The van der Waals surface area contributed by atoms with Crippen molar-refractivity contribution in [2.24, 2.45) is 23.2 Å². The second kappa shape index (κ2) is 1.65. The molecule has 2 heteroatoms. The summed E-state index contributed by atoms with van der Waals surface area (Å²) >= 11 is 0. The standard InChI is InChI=1S/C10H10O2/c1-12-9(11)10-4-2-6-7(3-5-10)8(6)10/h2-8H,1H3. The molecular formula is C10H10O2. The molecule has 0 aliphatic heterocycles. The van der Waals surface area contributed by atoms with Gasteiger partial charge in [0.25, 0.3) is 0 Å². The summed E-state index contributed by atoms with van der Waals surface area (Å²) in [6, 6.07) is 0. The van der Waals surface area contributed by atoms with Crippen LogP contribution in [0.3, 0.4) is 0 Å². The Labute approximate surface area is 70.9 Å². The molecule has 62 valence electrons. The fourth-order valence-corrected chi connectivity index (χ4v) is 2.76. The van der Waals surface area contributed by atoms with Crippen molar-refractivity contribution in [3.05, 3.63) is 24.3 Å². The molecule has 0 aromatic rings. The summed E-state index contributed by atoms with van der Waals surface area (Å²) in [7, 11) is 1.46. The maximum absolute atomic E-state index is 11.5. The highest BCUT2D eigenvalue weighted by Gasteiger charge is 2.67. The van der Waals surface area contributed by atoms with Crippen molar-refractivity contribution >= 4 is 5.97 Å². The van der Waals surface area contributed by atoms with Gasteiger partial charge in [-0.1, -0.05) is 24.3 Å². The van der Waals surface area contributed by atoms with E-state index in [1.54, 1.807) is 0 Å². The highest BCUT2D eigenvalue weighted by Crippen LogP contribution is 2.67. The Balaban J connectivity index is 2.06. The van der Waals surface area contributed by atoms with Crippen molar-refractivity contribution in [1.29, 1.82) is 0 Å². The number of hydrogen-bond acceptors (Lipinski definition) is 2. The van der Waals surface area contributed by atoms with Crippen molar-refractivity contribution in [2.45, 2.75) is 0 Å². The van der Waals surface area contributed by atoms with E-state index < -0.39 is 0 Å². The third-order valence-electron chi connectivity index (χ3n) is 3.41. The van der Waals surface area contributed by atoms with Crippen molar-refractivity contribution in [2.75, 3.05) is 7.11 Å². The molecule has 3 rings (SSSR count). The third kappa shape index (κ3) is 0.463. The predicted molar refractivity (Wildman–Crippen MR) is 43.2 cm³/mol. The summed E-state index contributed by atoms with van der Waals surface area (Å²) in [6.07, 6.45) is 8.33. The first kappa shape index (κ1) is 6.46. The van der Waals surface area contributed by atoms with Gasteiger partial charge < -0.3 is 4.74 Å². The molecule has 0 heterocycles. The second-order valence-corrected chi connectivity index (χ2v) is 3.82. The minimum atomic E-state index is -0.371. The van der Waals surface area contributed by atoms with Gasteiger partial charge >= 0.3 is 5.97 Å². The van der Waals surface area contributed by atoms with Crippen LogP contribution in [0.1, 0.15) is 0 Å². The molecular weight excluding hydrogens is 152 g/mol. The lowest BCUT2D eigenvalue weighted by atomic mass is 9.87. The van der Waals surface area contributed by atoms with Gasteiger partial charge in [0.15, 0.2) is 0 Å². The van der Waals surface area contributed by atoms with Crippen LogP contribution in [0.4, 0.5) is 0 Å². The molecule has 0 aromatic carbocycles. The molecule has 12 heavy (non-hydrogen) atoms. The quantitative estimate of drug-likeness (QED) is 0.427. The Morgan fingerprint density at radius 1 is 1.33 bits per heavy atom. The second-order valence-electron chi connectivity index (χ2n) is 3.82. The Morgan fingerprint density at radius 2 is 1.92 bits per heavy atom. The number of methoxy groups -OCH3 is 1. The van der Waals surface area contributed by atoms with E-state index in [1.165, 1.54) is 7.11 Å². The molecule has 3 aliphatic carbocycles. The fourth-order valence-electron chi connectivity index (χ4n) is 2.76. The first-order valence-corrected chi connectivity index (χ1v) is 4.27. The maximum atomic E-state index is 11.5. The summed E-state index contributed by atoms with van der Waals surface area (Å²) in [4.78, 5) is 11.5. The fraction of sp³-hybridized carbons (Fsp3) is 0.500. The van der Waals surface area contributed by atoms with Crippen LogP contribution in [0.25, 0.3) is 0 Å². The summed E-state index contributed by atoms with van der Waals surface area (Å²) in [6.45, 7) is 0. The predicted octanol–water partition coefficient (Wildman–Crippen LogP) is 1.15. The highest BCUT2D eigenvalue weighted by atomic mass is 16.5. The van der Waals surface area contributed by atoms with E-state index in [0.29, 0.717) is 17.8 Å². The molecule has 1 fully saturated rings. The number of fused-ring (bicyclic) bond motifs is 1. The number of ether oxygens (including phenoxy) is 1. The average molecular weight is 162 g/mol. The van der Waals surface area contributed by atoms with Gasteiger partial charge in [-0.3, -0.25) is 4.79 Å². The van der Waals surface area contributed by atoms with E-state index in [4.69, 9.17) is 4.74 Å². The van der Waals surface area contributed by atoms with Gasteiger partial charge in [0.1, 0.15) is 5.41 Å². The molecule has 0 radical (unpaired) electrons. The molecule has 0 bridgehead atoms. The minimum Gasteiger partial charge on any atom is -0.468 e. The Kier molecular flexibility index (Phi) is 0.891. The number of esters is 1. The van der Waals surface area contributed by atoms with Crippen LogP contribution >= 0.6 is 0 Å². The number of hydrogen-bond donors (Lipinski definition) is 0. The number of carbonyl (C=O) groups is 1. The maximum Gasteiger partial charge on any atom is 0.319 e.